The van der Waals surface area contributed by atoms with Crippen molar-refractivity contribution in [1.29, 1.82) is 0 Å². The molecule has 0 aliphatic rings. The van der Waals surface area contributed by atoms with Gasteiger partial charge in [-0.2, -0.15) is 0 Å². The standard InChI is InChI=1S/C17H20N2S2/c1-12(16-10-18-11-20-16)17-13-6-4-5-7-14(13)21-15(17)8-9-19(2)3/h4-7,10-12H,8-9H2,1-3H3. The molecule has 0 fully saturated rings. The zero-order valence-electron chi connectivity index (χ0n) is 12.7. The fourth-order valence-corrected chi connectivity index (χ4v) is 4.66. The Morgan fingerprint density at radius 3 is 2.76 bits per heavy atom. The lowest BCUT2D eigenvalue weighted by Gasteiger charge is -2.14. The lowest BCUT2D eigenvalue weighted by Crippen LogP contribution is -2.15. The molecule has 0 spiro atoms. The van der Waals surface area contributed by atoms with Gasteiger partial charge >= 0.3 is 0 Å². The molecule has 1 unspecified atom stereocenters. The van der Waals surface area contributed by atoms with Gasteiger partial charge in [-0.3, -0.25) is 4.98 Å². The predicted octanol–water partition coefficient (Wildman–Crippen LogP) is 4.61. The van der Waals surface area contributed by atoms with E-state index in [-0.39, 0.29) is 0 Å². The second-order valence-corrected chi connectivity index (χ2v) is 7.67. The smallest absolute Gasteiger partial charge is 0.0794 e. The van der Waals surface area contributed by atoms with Crippen LogP contribution in [0.15, 0.2) is 36.0 Å². The fourth-order valence-electron chi connectivity index (χ4n) is 2.68. The summed E-state index contributed by atoms with van der Waals surface area (Å²) in [6.07, 6.45) is 3.13. The van der Waals surface area contributed by atoms with E-state index < -0.39 is 0 Å². The summed E-state index contributed by atoms with van der Waals surface area (Å²) in [5, 5.41) is 1.41. The van der Waals surface area contributed by atoms with Crippen molar-refractivity contribution in [3.63, 3.8) is 0 Å². The Kier molecular flexibility index (Phi) is 4.38. The monoisotopic (exact) mass is 316 g/mol. The second-order valence-electron chi connectivity index (χ2n) is 5.61. The van der Waals surface area contributed by atoms with Crippen LogP contribution in [-0.4, -0.2) is 30.5 Å². The molecular formula is C17H20N2S2. The number of hydrogen-bond acceptors (Lipinski definition) is 4. The number of benzene rings is 1. The summed E-state index contributed by atoms with van der Waals surface area (Å²) in [6.45, 7) is 3.40. The number of nitrogens with zero attached hydrogens (tertiary/aromatic N) is 2. The number of likely N-dealkylation sites (N-methyl/N-ethyl adjacent to an activating group) is 1. The van der Waals surface area contributed by atoms with Gasteiger partial charge in [0, 0.05) is 33.1 Å². The number of thiophene rings is 1. The maximum Gasteiger partial charge on any atom is 0.0794 e. The third-order valence-electron chi connectivity index (χ3n) is 3.81. The highest BCUT2D eigenvalue weighted by Gasteiger charge is 2.20. The summed E-state index contributed by atoms with van der Waals surface area (Å²) in [7, 11) is 4.28. The molecule has 0 bridgehead atoms. The third kappa shape index (κ3) is 3.03. The Morgan fingerprint density at radius 1 is 1.24 bits per heavy atom. The molecule has 2 aromatic heterocycles. The lowest BCUT2D eigenvalue weighted by atomic mass is 9.95. The molecule has 2 nitrogen and oxygen atoms in total. The van der Waals surface area contributed by atoms with Crippen molar-refractivity contribution in [3.8, 4) is 0 Å². The van der Waals surface area contributed by atoms with Gasteiger partial charge in [-0.25, -0.2) is 0 Å². The van der Waals surface area contributed by atoms with Crippen LogP contribution in [0.25, 0.3) is 10.1 Å². The Labute approximate surface area is 134 Å². The van der Waals surface area contributed by atoms with Gasteiger partial charge in [0.15, 0.2) is 0 Å². The number of thiazole rings is 1. The van der Waals surface area contributed by atoms with E-state index in [1.807, 2.05) is 23.0 Å². The van der Waals surface area contributed by atoms with Crippen molar-refractivity contribution >= 4 is 32.8 Å². The molecule has 0 N–H and O–H groups in total. The molecule has 1 atom stereocenters. The maximum absolute atomic E-state index is 4.25. The average Bonchev–Trinajstić information content (AvgIpc) is 3.11. The van der Waals surface area contributed by atoms with Gasteiger partial charge in [-0.1, -0.05) is 25.1 Å². The summed E-state index contributed by atoms with van der Waals surface area (Å²) >= 11 is 3.70. The van der Waals surface area contributed by atoms with Gasteiger partial charge in [-0.05, 0) is 37.5 Å². The minimum Gasteiger partial charge on any atom is -0.309 e. The van der Waals surface area contributed by atoms with Crippen LogP contribution < -0.4 is 0 Å². The molecule has 0 radical (unpaired) electrons. The van der Waals surface area contributed by atoms with Crippen LogP contribution in [0.1, 0.15) is 28.2 Å². The summed E-state index contributed by atoms with van der Waals surface area (Å²) in [5.41, 5.74) is 3.43. The van der Waals surface area contributed by atoms with E-state index in [0.717, 1.165) is 13.0 Å². The van der Waals surface area contributed by atoms with Crippen LogP contribution in [-0.2, 0) is 6.42 Å². The van der Waals surface area contributed by atoms with Crippen molar-refractivity contribution in [2.24, 2.45) is 0 Å². The van der Waals surface area contributed by atoms with Crippen molar-refractivity contribution in [2.75, 3.05) is 20.6 Å². The topological polar surface area (TPSA) is 16.1 Å². The SMILES string of the molecule is CC(c1cncs1)c1c(CCN(C)C)sc2ccccc12. The molecule has 0 saturated carbocycles. The number of hydrogen-bond donors (Lipinski definition) is 0. The normalized spacial score (nSPS) is 13.1. The molecule has 3 aromatic rings. The molecule has 2 heterocycles. The molecule has 110 valence electrons. The van der Waals surface area contributed by atoms with Gasteiger partial charge in [0.2, 0.25) is 0 Å². The van der Waals surface area contributed by atoms with E-state index in [2.05, 4.69) is 55.2 Å². The molecule has 1 aromatic carbocycles. The van der Waals surface area contributed by atoms with Crippen LogP contribution >= 0.6 is 22.7 Å². The Balaban J connectivity index is 2.06. The first-order valence-electron chi connectivity index (χ1n) is 7.20. The summed E-state index contributed by atoms with van der Waals surface area (Å²) < 4.78 is 1.40. The first kappa shape index (κ1) is 14.7. The minimum atomic E-state index is 0.422. The first-order valence-corrected chi connectivity index (χ1v) is 8.90. The summed E-state index contributed by atoms with van der Waals surface area (Å²) in [4.78, 5) is 9.38. The number of rotatable bonds is 5. The number of aromatic nitrogens is 1. The Morgan fingerprint density at radius 2 is 2.05 bits per heavy atom. The molecule has 4 heteroatoms. The van der Waals surface area contributed by atoms with Crippen molar-refractivity contribution in [1.82, 2.24) is 9.88 Å². The van der Waals surface area contributed by atoms with Gasteiger partial charge in [0.05, 0.1) is 5.51 Å². The predicted molar refractivity (Wildman–Crippen MR) is 93.7 cm³/mol. The van der Waals surface area contributed by atoms with Gasteiger partial charge in [-0.15, -0.1) is 22.7 Å². The van der Waals surface area contributed by atoms with Crippen LogP contribution in [0.2, 0.25) is 0 Å². The average molecular weight is 316 g/mol. The largest absolute Gasteiger partial charge is 0.309 e. The van der Waals surface area contributed by atoms with E-state index >= 15 is 0 Å². The van der Waals surface area contributed by atoms with E-state index in [1.54, 1.807) is 11.3 Å². The zero-order valence-corrected chi connectivity index (χ0v) is 14.3. The highest BCUT2D eigenvalue weighted by molar-refractivity contribution is 7.19. The fraction of sp³-hybridized carbons (Fsp3) is 0.353. The first-order chi connectivity index (χ1) is 10.2. The molecule has 3 rings (SSSR count). The summed E-state index contributed by atoms with van der Waals surface area (Å²) in [6, 6.07) is 8.78. The Bertz CT molecular complexity index is 714. The van der Waals surface area contributed by atoms with Crippen LogP contribution in [0.4, 0.5) is 0 Å². The highest BCUT2D eigenvalue weighted by Crippen LogP contribution is 2.40. The second kappa shape index (κ2) is 6.26. The molecular weight excluding hydrogens is 296 g/mol. The summed E-state index contributed by atoms with van der Waals surface area (Å²) in [5.74, 6) is 0.422. The lowest BCUT2D eigenvalue weighted by molar-refractivity contribution is 0.414. The highest BCUT2D eigenvalue weighted by atomic mass is 32.1. The van der Waals surface area contributed by atoms with Crippen molar-refractivity contribution in [2.45, 2.75) is 19.3 Å². The van der Waals surface area contributed by atoms with Gasteiger partial charge in [0.25, 0.3) is 0 Å². The third-order valence-corrected chi connectivity index (χ3v) is 6.01. The van der Waals surface area contributed by atoms with E-state index in [0.29, 0.717) is 5.92 Å². The molecule has 0 saturated heterocycles. The number of fused-ring (bicyclic) bond motifs is 1. The van der Waals surface area contributed by atoms with Crippen LogP contribution in [0.5, 0.6) is 0 Å². The van der Waals surface area contributed by atoms with Crippen molar-refractivity contribution < 1.29 is 0 Å². The molecule has 21 heavy (non-hydrogen) atoms. The molecule has 0 amide bonds. The minimum absolute atomic E-state index is 0.422. The quantitative estimate of drug-likeness (QED) is 0.683. The van der Waals surface area contributed by atoms with Gasteiger partial charge < -0.3 is 4.90 Å². The van der Waals surface area contributed by atoms with Crippen LogP contribution in [0.3, 0.4) is 0 Å². The van der Waals surface area contributed by atoms with E-state index in [4.69, 9.17) is 0 Å². The maximum atomic E-state index is 4.25. The van der Waals surface area contributed by atoms with Crippen LogP contribution in [0, 0.1) is 0 Å². The van der Waals surface area contributed by atoms with Crippen molar-refractivity contribution in [3.05, 3.63) is 51.3 Å². The van der Waals surface area contributed by atoms with Gasteiger partial charge in [0.1, 0.15) is 0 Å². The zero-order chi connectivity index (χ0) is 14.8. The molecule has 0 aliphatic carbocycles. The molecule has 0 aliphatic heterocycles. The van der Waals surface area contributed by atoms with E-state index in [1.165, 1.54) is 25.4 Å². The Hall–Kier alpha value is -1.23. The van der Waals surface area contributed by atoms with E-state index in [9.17, 15) is 0 Å².